The van der Waals surface area contributed by atoms with Gasteiger partial charge in [-0.2, -0.15) is 0 Å². The molecule has 84 valence electrons. The second-order valence-corrected chi connectivity index (χ2v) is 3.32. The normalized spacial score (nSPS) is 9.31. The third kappa shape index (κ3) is 2.47. The minimum atomic E-state index is 0. The van der Waals surface area contributed by atoms with Crippen molar-refractivity contribution in [1.29, 1.82) is 0 Å². The van der Waals surface area contributed by atoms with Crippen LogP contribution in [0.4, 0.5) is 5.69 Å². The molecule has 2 aromatic rings. The van der Waals surface area contributed by atoms with E-state index < -0.39 is 0 Å². The van der Waals surface area contributed by atoms with E-state index in [4.69, 9.17) is 10.5 Å². The molecule has 3 heteroatoms. The molecule has 2 N–H and O–H groups in total. The predicted molar refractivity (Wildman–Crippen MR) is 70.1 cm³/mol. The lowest BCUT2D eigenvalue weighted by molar-refractivity contribution is 0.415. The zero-order chi connectivity index (χ0) is 10.7. The molecule has 16 heavy (non-hydrogen) atoms. The fraction of sp³-hybridized carbons (Fsp3) is 0.0769. The summed E-state index contributed by atoms with van der Waals surface area (Å²) in [4.78, 5) is 0. The number of hydrogen-bond acceptors (Lipinski definition) is 2. The number of rotatable bonds is 2. The summed E-state index contributed by atoms with van der Waals surface area (Å²) in [5, 5.41) is 0. The van der Waals surface area contributed by atoms with Crippen LogP contribution >= 0.6 is 12.4 Å². The molecule has 2 aromatic carbocycles. The molecule has 0 aromatic heterocycles. The SMILES string of the molecule is COc1ccc(-c2ccccc2N)cc1.Cl. The molecule has 0 radical (unpaired) electrons. The Morgan fingerprint density at radius 1 is 0.938 bits per heavy atom. The predicted octanol–water partition coefficient (Wildman–Crippen LogP) is 3.37. The lowest BCUT2D eigenvalue weighted by atomic mass is 10.0. The quantitative estimate of drug-likeness (QED) is 0.810. The minimum Gasteiger partial charge on any atom is -0.497 e. The van der Waals surface area contributed by atoms with E-state index in [0.29, 0.717) is 0 Å². The number of nitrogens with two attached hydrogens (primary N) is 1. The van der Waals surface area contributed by atoms with Crippen molar-refractivity contribution in [3.8, 4) is 16.9 Å². The summed E-state index contributed by atoms with van der Waals surface area (Å²) in [6, 6.07) is 15.7. The Hall–Kier alpha value is -1.67. The molecule has 0 bridgehead atoms. The van der Waals surface area contributed by atoms with Gasteiger partial charge in [0.1, 0.15) is 5.75 Å². The third-order valence-electron chi connectivity index (χ3n) is 2.36. The molecule has 0 aliphatic carbocycles. The fourth-order valence-corrected chi connectivity index (χ4v) is 1.53. The highest BCUT2D eigenvalue weighted by Gasteiger charge is 2.00. The van der Waals surface area contributed by atoms with Gasteiger partial charge in [0.25, 0.3) is 0 Å². The van der Waals surface area contributed by atoms with Crippen LogP contribution in [-0.2, 0) is 0 Å². The van der Waals surface area contributed by atoms with Crippen molar-refractivity contribution >= 4 is 18.1 Å². The van der Waals surface area contributed by atoms with Crippen molar-refractivity contribution in [2.75, 3.05) is 12.8 Å². The summed E-state index contributed by atoms with van der Waals surface area (Å²) >= 11 is 0. The number of ether oxygens (including phenoxy) is 1. The summed E-state index contributed by atoms with van der Waals surface area (Å²) < 4.78 is 5.10. The van der Waals surface area contributed by atoms with E-state index in [1.165, 1.54) is 0 Å². The van der Waals surface area contributed by atoms with E-state index in [1.807, 2.05) is 48.5 Å². The van der Waals surface area contributed by atoms with Crippen LogP contribution in [0.5, 0.6) is 5.75 Å². The lowest BCUT2D eigenvalue weighted by Crippen LogP contribution is -1.89. The summed E-state index contributed by atoms with van der Waals surface area (Å²) in [5.41, 5.74) is 8.85. The average molecular weight is 236 g/mol. The second-order valence-electron chi connectivity index (χ2n) is 3.32. The minimum absolute atomic E-state index is 0. The van der Waals surface area contributed by atoms with Crippen LogP contribution < -0.4 is 10.5 Å². The first-order valence-corrected chi connectivity index (χ1v) is 4.80. The number of methoxy groups -OCH3 is 1. The average Bonchev–Trinajstić information content (AvgIpc) is 2.30. The Morgan fingerprint density at radius 2 is 1.56 bits per heavy atom. The zero-order valence-electron chi connectivity index (χ0n) is 9.01. The van der Waals surface area contributed by atoms with Gasteiger partial charge < -0.3 is 10.5 Å². The smallest absolute Gasteiger partial charge is 0.118 e. The molecule has 0 heterocycles. The Morgan fingerprint density at radius 3 is 2.12 bits per heavy atom. The summed E-state index contributed by atoms with van der Waals surface area (Å²) in [6.07, 6.45) is 0. The van der Waals surface area contributed by atoms with E-state index in [-0.39, 0.29) is 12.4 Å². The maximum absolute atomic E-state index is 5.89. The van der Waals surface area contributed by atoms with E-state index >= 15 is 0 Å². The Labute approximate surface area is 101 Å². The molecular weight excluding hydrogens is 222 g/mol. The van der Waals surface area contributed by atoms with Crippen molar-refractivity contribution in [1.82, 2.24) is 0 Å². The first-order valence-electron chi connectivity index (χ1n) is 4.80. The van der Waals surface area contributed by atoms with Crippen LogP contribution in [0.1, 0.15) is 0 Å². The monoisotopic (exact) mass is 235 g/mol. The third-order valence-corrected chi connectivity index (χ3v) is 2.36. The van der Waals surface area contributed by atoms with Crippen molar-refractivity contribution in [3.05, 3.63) is 48.5 Å². The highest BCUT2D eigenvalue weighted by molar-refractivity contribution is 5.85. The molecule has 0 saturated heterocycles. The molecule has 0 aliphatic rings. The second kappa shape index (κ2) is 5.42. The van der Waals surface area contributed by atoms with Gasteiger partial charge in [-0.3, -0.25) is 0 Å². The number of para-hydroxylation sites is 1. The van der Waals surface area contributed by atoms with Crippen LogP contribution in [0.25, 0.3) is 11.1 Å². The first-order chi connectivity index (χ1) is 7.31. The van der Waals surface area contributed by atoms with E-state index in [2.05, 4.69) is 0 Å². The maximum Gasteiger partial charge on any atom is 0.118 e. The number of hydrogen-bond donors (Lipinski definition) is 1. The number of nitrogen functional groups attached to an aromatic ring is 1. The molecule has 0 fully saturated rings. The number of halogens is 1. The topological polar surface area (TPSA) is 35.2 Å². The van der Waals surface area contributed by atoms with Crippen LogP contribution in [-0.4, -0.2) is 7.11 Å². The fourth-order valence-electron chi connectivity index (χ4n) is 1.53. The van der Waals surface area contributed by atoms with Gasteiger partial charge in [0.15, 0.2) is 0 Å². The van der Waals surface area contributed by atoms with Gasteiger partial charge >= 0.3 is 0 Å². The number of benzene rings is 2. The maximum atomic E-state index is 5.89. The summed E-state index contributed by atoms with van der Waals surface area (Å²) in [6.45, 7) is 0. The van der Waals surface area contributed by atoms with E-state index in [0.717, 1.165) is 22.6 Å². The van der Waals surface area contributed by atoms with Gasteiger partial charge in [-0.25, -0.2) is 0 Å². The molecular formula is C13H14ClNO. The van der Waals surface area contributed by atoms with Crippen molar-refractivity contribution < 1.29 is 4.74 Å². The molecule has 2 nitrogen and oxygen atoms in total. The first kappa shape index (κ1) is 12.4. The van der Waals surface area contributed by atoms with Gasteiger partial charge in [0, 0.05) is 11.3 Å². The van der Waals surface area contributed by atoms with E-state index in [1.54, 1.807) is 7.11 Å². The molecule has 0 aliphatic heterocycles. The van der Waals surface area contributed by atoms with Crippen molar-refractivity contribution in [2.45, 2.75) is 0 Å². The van der Waals surface area contributed by atoms with Gasteiger partial charge in [0.2, 0.25) is 0 Å². The van der Waals surface area contributed by atoms with Gasteiger partial charge in [-0.1, -0.05) is 30.3 Å². The summed E-state index contributed by atoms with van der Waals surface area (Å²) in [5.74, 6) is 0.855. The largest absolute Gasteiger partial charge is 0.497 e. The number of anilines is 1. The van der Waals surface area contributed by atoms with Crippen molar-refractivity contribution in [2.24, 2.45) is 0 Å². The van der Waals surface area contributed by atoms with Crippen LogP contribution in [0, 0.1) is 0 Å². The molecule has 0 spiro atoms. The molecule has 0 atom stereocenters. The highest BCUT2D eigenvalue weighted by Crippen LogP contribution is 2.26. The lowest BCUT2D eigenvalue weighted by Gasteiger charge is -2.06. The van der Waals surface area contributed by atoms with Crippen LogP contribution in [0.2, 0.25) is 0 Å². The zero-order valence-corrected chi connectivity index (χ0v) is 9.83. The molecule has 0 unspecified atom stereocenters. The van der Waals surface area contributed by atoms with Gasteiger partial charge in [-0.15, -0.1) is 12.4 Å². The van der Waals surface area contributed by atoms with Crippen LogP contribution in [0.3, 0.4) is 0 Å². The van der Waals surface area contributed by atoms with Crippen molar-refractivity contribution in [3.63, 3.8) is 0 Å². The summed E-state index contributed by atoms with van der Waals surface area (Å²) in [7, 11) is 1.66. The van der Waals surface area contributed by atoms with Crippen LogP contribution in [0.15, 0.2) is 48.5 Å². The van der Waals surface area contributed by atoms with E-state index in [9.17, 15) is 0 Å². The molecule has 2 rings (SSSR count). The highest BCUT2D eigenvalue weighted by atomic mass is 35.5. The molecule has 0 amide bonds. The Balaban J connectivity index is 0.00000128. The molecule has 0 saturated carbocycles. The Kier molecular flexibility index (Phi) is 4.20. The van der Waals surface area contributed by atoms with Gasteiger partial charge in [0.05, 0.1) is 7.11 Å². The standard InChI is InChI=1S/C13H13NO.ClH/c1-15-11-8-6-10(7-9-11)12-4-2-3-5-13(12)14;/h2-9H,14H2,1H3;1H. The Bertz CT molecular complexity index is 454. The van der Waals surface area contributed by atoms with Gasteiger partial charge in [-0.05, 0) is 23.8 Å².